The minimum atomic E-state index is -0.416. The molecule has 3 rings (SSSR count). The van der Waals surface area contributed by atoms with E-state index in [2.05, 4.69) is 15.5 Å². The second kappa shape index (κ2) is 7.55. The van der Waals surface area contributed by atoms with Gasteiger partial charge in [0.1, 0.15) is 0 Å². The van der Waals surface area contributed by atoms with Crippen molar-refractivity contribution in [2.24, 2.45) is 0 Å². The predicted molar refractivity (Wildman–Crippen MR) is 91.8 cm³/mol. The number of urea groups is 1. The number of hydrogen-bond acceptors (Lipinski definition) is 3. The van der Waals surface area contributed by atoms with Crippen molar-refractivity contribution in [1.82, 2.24) is 20.4 Å². The maximum Gasteiger partial charge on any atom is 0.318 e. The molecule has 2 atom stereocenters. The van der Waals surface area contributed by atoms with Gasteiger partial charge in [0.15, 0.2) is 11.6 Å². The quantitative estimate of drug-likeness (QED) is 0.889. The van der Waals surface area contributed by atoms with Gasteiger partial charge in [-0.1, -0.05) is 6.07 Å². The summed E-state index contributed by atoms with van der Waals surface area (Å²) < 4.78 is 18.6. The Labute approximate surface area is 146 Å². The second-order valence-corrected chi connectivity index (χ2v) is 6.30. The van der Waals surface area contributed by atoms with Crippen LogP contribution in [0.5, 0.6) is 5.75 Å². The molecule has 0 spiro atoms. The molecular formula is C18H23FN4O2. The van der Waals surface area contributed by atoms with Gasteiger partial charge < -0.3 is 15.0 Å². The number of benzene rings is 1. The zero-order valence-corrected chi connectivity index (χ0v) is 14.5. The van der Waals surface area contributed by atoms with Gasteiger partial charge in [0.2, 0.25) is 0 Å². The molecule has 0 radical (unpaired) electrons. The largest absolute Gasteiger partial charge is 0.494 e. The summed E-state index contributed by atoms with van der Waals surface area (Å²) in [5, 5.41) is 9.81. The SMILES string of the molecule is COc1cc([C@H](C)NC(=O)N2CCCC[C@@H]2c2cn[nH]c2)ccc1F. The molecule has 2 aromatic rings. The normalized spacial score (nSPS) is 18.7. The van der Waals surface area contributed by atoms with E-state index >= 15 is 0 Å². The van der Waals surface area contributed by atoms with E-state index < -0.39 is 5.82 Å². The number of ether oxygens (including phenoxy) is 1. The Hall–Kier alpha value is -2.57. The molecule has 2 amide bonds. The van der Waals surface area contributed by atoms with Crippen molar-refractivity contribution in [3.05, 3.63) is 47.5 Å². The lowest BCUT2D eigenvalue weighted by atomic mass is 9.98. The topological polar surface area (TPSA) is 70.2 Å². The second-order valence-electron chi connectivity index (χ2n) is 6.30. The van der Waals surface area contributed by atoms with Gasteiger partial charge in [0.25, 0.3) is 0 Å². The van der Waals surface area contributed by atoms with E-state index in [1.54, 1.807) is 18.3 Å². The monoisotopic (exact) mass is 346 g/mol. The summed E-state index contributed by atoms with van der Waals surface area (Å²) in [4.78, 5) is 14.6. The van der Waals surface area contributed by atoms with Crippen molar-refractivity contribution < 1.29 is 13.9 Å². The molecule has 1 aromatic heterocycles. The first-order valence-electron chi connectivity index (χ1n) is 8.49. The number of aromatic nitrogens is 2. The van der Waals surface area contributed by atoms with Crippen LogP contribution in [0, 0.1) is 5.82 Å². The number of H-pyrrole nitrogens is 1. The zero-order valence-electron chi connectivity index (χ0n) is 14.5. The summed E-state index contributed by atoms with van der Waals surface area (Å²) in [5.74, 6) is -0.242. The standard InChI is InChI=1S/C18H23FN4O2/c1-12(13-6-7-15(19)17(9-13)25-2)22-18(24)23-8-4-3-5-16(23)14-10-20-21-11-14/h6-7,9-12,16H,3-5,8H2,1-2H3,(H,20,21)(H,22,24)/t12-,16+/m0/s1. The van der Waals surface area contributed by atoms with Crippen LogP contribution in [-0.2, 0) is 0 Å². The Kier molecular flexibility index (Phi) is 5.21. The van der Waals surface area contributed by atoms with E-state index in [9.17, 15) is 9.18 Å². The van der Waals surface area contributed by atoms with Gasteiger partial charge >= 0.3 is 6.03 Å². The number of likely N-dealkylation sites (tertiary alicyclic amines) is 1. The van der Waals surface area contributed by atoms with Crippen LogP contribution in [0.25, 0.3) is 0 Å². The van der Waals surface area contributed by atoms with Gasteiger partial charge in [-0.25, -0.2) is 9.18 Å². The third kappa shape index (κ3) is 3.75. The fourth-order valence-corrected chi connectivity index (χ4v) is 3.26. The number of piperidine rings is 1. The lowest BCUT2D eigenvalue weighted by molar-refractivity contribution is 0.149. The third-order valence-electron chi connectivity index (χ3n) is 4.68. The van der Waals surface area contributed by atoms with Gasteiger partial charge in [-0.15, -0.1) is 0 Å². The molecule has 6 nitrogen and oxygen atoms in total. The number of rotatable bonds is 4. The van der Waals surface area contributed by atoms with Crippen LogP contribution < -0.4 is 10.1 Å². The van der Waals surface area contributed by atoms with E-state index in [-0.39, 0.29) is 23.9 Å². The van der Waals surface area contributed by atoms with E-state index in [4.69, 9.17) is 4.74 Å². The first-order valence-corrected chi connectivity index (χ1v) is 8.49. The van der Waals surface area contributed by atoms with Gasteiger partial charge in [-0.05, 0) is 43.9 Å². The number of carbonyl (C=O) groups is 1. The number of aromatic amines is 1. The maximum absolute atomic E-state index is 13.6. The molecule has 0 bridgehead atoms. The Morgan fingerprint density at radius 1 is 1.48 bits per heavy atom. The molecule has 1 aliphatic heterocycles. The molecule has 0 unspecified atom stereocenters. The lowest BCUT2D eigenvalue weighted by Crippen LogP contribution is -2.45. The third-order valence-corrected chi connectivity index (χ3v) is 4.68. The molecule has 25 heavy (non-hydrogen) atoms. The number of hydrogen-bond donors (Lipinski definition) is 2. The minimum absolute atomic E-state index is 0.0300. The van der Waals surface area contributed by atoms with Crippen molar-refractivity contribution in [3.8, 4) is 5.75 Å². The summed E-state index contributed by atoms with van der Waals surface area (Å²) in [6.45, 7) is 2.59. The molecule has 1 saturated heterocycles. The van der Waals surface area contributed by atoms with E-state index in [1.807, 2.05) is 18.0 Å². The molecule has 1 fully saturated rings. The average Bonchev–Trinajstić information content (AvgIpc) is 3.16. The molecule has 0 saturated carbocycles. The fraction of sp³-hybridized carbons (Fsp3) is 0.444. The number of halogens is 1. The number of nitrogens with one attached hydrogen (secondary N) is 2. The molecule has 7 heteroatoms. The van der Waals surface area contributed by atoms with Crippen molar-refractivity contribution in [2.75, 3.05) is 13.7 Å². The first-order chi connectivity index (χ1) is 12.1. The highest BCUT2D eigenvalue weighted by Crippen LogP contribution is 2.31. The maximum atomic E-state index is 13.6. The van der Waals surface area contributed by atoms with Crippen LogP contribution in [0.3, 0.4) is 0 Å². The molecule has 1 aromatic carbocycles. The van der Waals surface area contributed by atoms with Crippen molar-refractivity contribution >= 4 is 6.03 Å². The van der Waals surface area contributed by atoms with E-state index in [0.717, 1.165) is 30.4 Å². The molecule has 2 heterocycles. The first kappa shape index (κ1) is 17.3. The number of amides is 2. The lowest BCUT2D eigenvalue weighted by Gasteiger charge is -2.36. The number of carbonyl (C=O) groups excluding carboxylic acids is 1. The van der Waals surface area contributed by atoms with Gasteiger partial charge in [-0.3, -0.25) is 5.10 Å². The van der Waals surface area contributed by atoms with Crippen molar-refractivity contribution in [3.63, 3.8) is 0 Å². The predicted octanol–water partition coefficient (Wildman–Crippen LogP) is 3.56. The van der Waals surface area contributed by atoms with Crippen LogP contribution in [0.15, 0.2) is 30.6 Å². The van der Waals surface area contributed by atoms with Crippen LogP contribution in [0.2, 0.25) is 0 Å². The number of methoxy groups -OCH3 is 1. The summed E-state index contributed by atoms with van der Waals surface area (Å²) >= 11 is 0. The van der Waals surface area contributed by atoms with Crippen LogP contribution >= 0.6 is 0 Å². The molecule has 1 aliphatic rings. The summed E-state index contributed by atoms with van der Waals surface area (Å²) in [5.41, 5.74) is 1.81. The van der Waals surface area contributed by atoms with E-state index in [1.165, 1.54) is 13.2 Å². The Morgan fingerprint density at radius 3 is 3.04 bits per heavy atom. The van der Waals surface area contributed by atoms with Gasteiger partial charge in [0, 0.05) is 18.3 Å². The smallest absolute Gasteiger partial charge is 0.318 e. The van der Waals surface area contributed by atoms with Crippen molar-refractivity contribution in [2.45, 2.75) is 38.3 Å². The van der Waals surface area contributed by atoms with Gasteiger partial charge in [0.05, 0.1) is 25.4 Å². The fourth-order valence-electron chi connectivity index (χ4n) is 3.26. The molecular weight excluding hydrogens is 323 g/mol. The molecule has 2 N–H and O–H groups in total. The van der Waals surface area contributed by atoms with E-state index in [0.29, 0.717) is 6.54 Å². The number of nitrogens with zero attached hydrogens (tertiary/aromatic N) is 2. The Morgan fingerprint density at radius 2 is 2.32 bits per heavy atom. The Balaban J connectivity index is 1.71. The Bertz CT molecular complexity index is 720. The van der Waals surface area contributed by atoms with Crippen LogP contribution in [0.1, 0.15) is 49.4 Å². The highest BCUT2D eigenvalue weighted by Gasteiger charge is 2.29. The van der Waals surface area contributed by atoms with Crippen LogP contribution in [0.4, 0.5) is 9.18 Å². The van der Waals surface area contributed by atoms with Gasteiger partial charge in [-0.2, -0.15) is 5.10 Å². The summed E-state index contributed by atoms with van der Waals surface area (Å²) in [6, 6.07) is 4.28. The summed E-state index contributed by atoms with van der Waals surface area (Å²) in [6.07, 6.45) is 6.60. The minimum Gasteiger partial charge on any atom is -0.494 e. The van der Waals surface area contributed by atoms with Crippen molar-refractivity contribution in [1.29, 1.82) is 0 Å². The average molecular weight is 346 g/mol. The highest BCUT2D eigenvalue weighted by atomic mass is 19.1. The molecule has 134 valence electrons. The summed E-state index contributed by atoms with van der Waals surface area (Å²) in [7, 11) is 1.43. The molecule has 0 aliphatic carbocycles. The zero-order chi connectivity index (χ0) is 17.8. The highest BCUT2D eigenvalue weighted by molar-refractivity contribution is 5.75. The van der Waals surface area contributed by atoms with Crippen LogP contribution in [-0.4, -0.2) is 34.8 Å².